The maximum absolute atomic E-state index is 11.6. The third-order valence-corrected chi connectivity index (χ3v) is 2.38. The van der Waals surface area contributed by atoms with Crippen molar-refractivity contribution in [1.29, 1.82) is 0 Å². The van der Waals surface area contributed by atoms with Crippen LogP contribution in [0.3, 0.4) is 0 Å². The van der Waals surface area contributed by atoms with Gasteiger partial charge in [-0.2, -0.15) is 0 Å². The molecule has 2 heterocycles. The fraction of sp³-hybridized carbons (Fsp3) is 0.714. The summed E-state index contributed by atoms with van der Waals surface area (Å²) in [7, 11) is 1.71. The van der Waals surface area contributed by atoms with E-state index >= 15 is 0 Å². The van der Waals surface area contributed by atoms with Crippen LogP contribution in [0.4, 0.5) is 5.95 Å². The number of hydrogen-bond donors (Lipinski definition) is 1. The van der Waals surface area contributed by atoms with Crippen LogP contribution in [0.5, 0.6) is 0 Å². The molecule has 0 radical (unpaired) electrons. The number of carbonyl (C=O) groups excluding carboxylic acids is 1. The first-order valence-electron chi connectivity index (χ1n) is 4.45. The van der Waals surface area contributed by atoms with Crippen molar-refractivity contribution in [2.24, 2.45) is 18.7 Å². The molecule has 2 rings (SSSR count). The number of aromatic nitrogens is 4. The topological polar surface area (TPSA) is 89.9 Å². The summed E-state index contributed by atoms with van der Waals surface area (Å²) < 4.78 is 1.48. The first kappa shape index (κ1) is 9.07. The molecule has 0 aromatic carbocycles. The number of nitrogens with zero attached hydrogens (tertiary/aromatic N) is 5. The van der Waals surface area contributed by atoms with Gasteiger partial charge in [0.15, 0.2) is 0 Å². The Morgan fingerprint density at radius 3 is 2.93 bits per heavy atom. The third kappa shape index (κ3) is 1.35. The monoisotopic (exact) mass is 196 g/mol. The zero-order valence-corrected chi connectivity index (χ0v) is 7.92. The number of aryl methyl sites for hydroxylation is 1. The van der Waals surface area contributed by atoms with Crippen LogP contribution in [0, 0.1) is 5.92 Å². The molecule has 1 aromatic rings. The molecule has 0 aliphatic carbocycles. The Bertz CT molecular complexity index is 348. The van der Waals surface area contributed by atoms with Crippen molar-refractivity contribution in [2.75, 3.05) is 18.0 Å². The molecule has 1 aromatic heterocycles. The fourth-order valence-corrected chi connectivity index (χ4v) is 1.59. The largest absolute Gasteiger partial charge is 0.330 e. The number of rotatable bonds is 2. The molecule has 1 amide bonds. The van der Waals surface area contributed by atoms with Crippen molar-refractivity contribution in [1.82, 2.24) is 20.2 Å². The van der Waals surface area contributed by atoms with E-state index in [9.17, 15) is 4.79 Å². The van der Waals surface area contributed by atoms with Crippen molar-refractivity contribution in [3.8, 4) is 0 Å². The Morgan fingerprint density at radius 2 is 2.43 bits per heavy atom. The SMILES string of the molecule is Cn1nnnc1N1CC(CN)CC1=O. The van der Waals surface area contributed by atoms with Gasteiger partial charge < -0.3 is 5.73 Å². The summed E-state index contributed by atoms with van der Waals surface area (Å²) in [4.78, 5) is 13.1. The first-order valence-corrected chi connectivity index (χ1v) is 4.45. The second-order valence-corrected chi connectivity index (χ2v) is 3.41. The van der Waals surface area contributed by atoms with Gasteiger partial charge in [-0.15, -0.1) is 0 Å². The van der Waals surface area contributed by atoms with Crippen molar-refractivity contribution < 1.29 is 4.79 Å². The van der Waals surface area contributed by atoms with Gasteiger partial charge in [-0.25, -0.2) is 4.68 Å². The number of anilines is 1. The van der Waals surface area contributed by atoms with Gasteiger partial charge in [0, 0.05) is 20.0 Å². The minimum absolute atomic E-state index is 0.0401. The first-order chi connectivity index (χ1) is 6.72. The van der Waals surface area contributed by atoms with E-state index in [1.54, 1.807) is 11.9 Å². The lowest BCUT2D eigenvalue weighted by atomic mass is 10.1. The van der Waals surface area contributed by atoms with Crippen LogP contribution in [0.1, 0.15) is 6.42 Å². The zero-order chi connectivity index (χ0) is 10.1. The van der Waals surface area contributed by atoms with Crippen LogP contribution in [0.15, 0.2) is 0 Å². The Labute approximate surface area is 80.9 Å². The summed E-state index contributed by atoms with van der Waals surface area (Å²) in [5.74, 6) is 0.753. The van der Waals surface area contributed by atoms with Crippen LogP contribution in [-0.2, 0) is 11.8 Å². The predicted octanol–water partition coefficient (Wildman–Crippen LogP) is -1.48. The molecule has 1 atom stereocenters. The average Bonchev–Trinajstić information content (AvgIpc) is 2.72. The standard InChI is InChI=1S/C7H12N6O/c1-12-7(9-10-11-12)13-4-5(3-8)2-6(13)14/h5H,2-4,8H2,1H3. The predicted molar refractivity (Wildman–Crippen MR) is 48.3 cm³/mol. The number of nitrogens with two attached hydrogens (primary N) is 1. The van der Waals surface area contributed by atoms with Crippen LogP contribution >= 0.6 is 0 Å². The molecule has 7 nitrogen and oxygen atoms in total. The lowest BCUT2D eigenvalue weighted by Crippen LogP contribution is -2.28. The molecule has 7 heteroatoms. The van der Waals surface area contributed by atoms with E-state index in [2.05, 4.69) is 15.5 Å². The maximum Gasteiger partial charge on any atom is 0.251 e. The summed E-state index contributed by atoms with van der Waals surface area (Å²) >= 11 is 0. The summed E-state index contributed by atoms with van der Waals surface area (Å²) in [5, 5.41) is 10.9. The van der Waals surface area contributed by atoms with Gasteiger partial charge in [-0.1, -0.05) is 5.10 Å². The van der Waals surface area contributed by atoms with E-state index in [-0.39, 0.29) is 11.8 Å². The minimum Gasteiger partial charge on any atom is -0.330 e. The molecule has 1 saturated heterocycles. The van der Waals surface area contributed by atoms with Gasteiger partial charge in [0.2, 0.25) is 5.91 Å². The van der Waals surface area contributed by atoms with E-state index in [4.69, 9.17) is 5.73 Å². The van der Waals surface area contributed by atoms with E-state index in [0.29, 0.717) is 25.5 Å². The molecule has 1 aliphatic heterocycles. The quantitative estimate of drug-likeness (QED) is 0.623. The molecule has 14 heavy (non-hydrogen) atoms. The van der Waals surface area contributed by atoms with Crippen molar-refractivity contribution in [2.45, 2.75) is 6.42 Å². The van der Waals surface area contributed by atoms with Gasteiger partial charge in [0.05, 0.1) is 0 Å². The van der Waals surface area contributed by atoms with Gasteiger partial charge in [0.25, 0.3) is 5.95 Å². The third-order valence-electron chi connectivity index (χ3n) is 2.38. The summed E-state index contributed by atoms with van der Waals surface area (Å²) in [6, 6.07) is 0. The van der Waals surface area contributed by atoms with Crippen LogP contribution in [0.2, 0.25) is 0 Å². The molecule has 0 saturated carbocycles. The molecule has 0 bridgehead atoms. The molecular formula is C7H12N6O. The number of amides is 1. The van der Waals surface area contributed by atoms with Crippen molar-refractivity contribution in [3.05, 3.63) is 0 Å². The summed E-state index contributed by atoms with van der Waals surface area (Å²) in [6.45, 7) is 1.14. The molecule has 1 aliphatic rings. The lowest BCUT2D eigenvalue weighted by molar-refractivity contribution is -0.117. The highest BCUT2D eigenvalue weighted by molar-refractivity contribution is 5.94. The average molecular weight is 196 g/mol. The molecule has 1 fully saturated rings. The maximum atomic E-state index is 11.6. The van der Waals surface area contributed by atoms with Crippen molar-refractivity contribution in [3.63, 3.8) is 0 Å². The second kappa shape index (κ2) is 3.33. The normalized spacial score (nSPS) is 22.0. The molecule has 0 spiro atoms. The Balaban J connectivity index is 2.20. The zero-order valence-electron chi connectivity index (χ0n) is 7.92. The van der Waals surface area contributed by atoms with Crippen LogP contribution in [0.25, 0.3) is 0 Å². The Kier molecular flexibility index (Phi) is 2.16. The molecule has 2 N–H and O–H groups in total. The summed E-state index contributed by atoms with van der Waals surface area (Å²) in [6.07, 6.45) is 0.489. The fourth-order valence-electron chi connectivity index (χ4n) is 1.59. The van der Waals surface area contributed by atoms with E-state index < -0.39 is 0 Å². The van der Waals surface area contributed by atoms with E-state index in [1.165, 1.54) is 4.68 Å². The smallest absolute Gasteiger partial charge is 0.251 e. The van der Waals surface area contributed by atoms with Crippen LogP contribution in [-0.4, -0.2) is 39.2 Å². The van der Waals surface area contributed by atoms with Gasteiger partial charge in [-0.05, 0) is 22.9 Å². The highest BCUT2D eigenvalue weighted by Crippen LogP contribution is 2.21. The highest BCUT2D eigenvalue weighted by Gasteiger charge is 2.32. The van der Waals surface area contributed by atoms with Gasteiger partial charge >= 0.3 is 0 Å². The number of carbonyl (C=O) groups is 1. The van der Waals surface area contributed by atoms with E-state index in [0.717, 1.165) is 0 Å². The lowest BCUT2D eigenvalue weighted by Gasteiger charge is -2.12. The molecule has 1 unspecified atom stereocenters. The van der Waals surface area contributed by atoms with Gasteiger partial charge in [0.1, 0.15) is 0 Å². The van der Waals surface area contributed by atoms with Crippen LogP contribution < -0.4 is 10.6 Å². The van der Waals surface area contributed by atoms with E-state index in [1.807, 2.05) is 0 Å². The minimum atomic E-state index is 0.0401. The second-order valence-electron chi connectivity index (χ2n) is 3.41. The Morgan fingerprint density at radius 1 is 1.64 bits per heavy atom. The number of hydrogen-bond acceptors (Lipinski definition) is 5. The molecule has 76 valence electrons. The number of tetrazole rings is 1. The molecular weight excluding hydrogens is 184 g/mol. The summed E-state index contributed by atoms with van der Waals surface area (Å²) in [5.41, 5.74) is 5.51. The Hall–Kier alpha value is -1.50. The van der Waals surface area contributed by atoms with Gasteiger partial charge in [-0.3, -0.25) is 9.69 Å². The highest BCUT2D eigenvalue weighted by atomic mass is 16.2. The van der Waals surface area contributed by atoms with Crippen molar-refractivity contribution >= 4 is 11.9 Å².